The van der Waals surface area contributed by atoms with Crippen molar-refractivity contribution < 1.29 is 9.53 Å². The SMILES string of the molecule is COc1ccc(N2C(=O)/C(=C/c3ccccc3Br)NC2=S)cc1. The molecule has 6 heteroatoms. The summed E-state index contributed by atoms with van der Waals surface area (Å²) in [6.07, 6.45) is 1.78. The number of thiocarbonyl (C=S) groups is 1. The van der Waals surface area contributed by atoms with Crippen LogP contribution < -0.4 is 15.0 Å². The van der Waals surface area contributed by atoms with Crippen LogP contribution >= 0.6 is 28.1 Å². The second-order valence-electron chi connectivity index (χ2n) is 4.85. The van der Waals surface area contributed by atoms with E-state index in [1.54, 1.807) is 37.5 Å². The second kappa shape index (κ2) is 6.52. The first-order valence-electron chi connectivity index (χ1n) is 6.86. The third kappa shape index (κ3) is 3.13. The van der Waals surface area contributed by atoms with Gasteiger partial charge in [0.2, 0.25) is 0 Å². The first-order chi connectivity index (χ1) is 11.1. The lowest BCUT2D eigenvalue weighted by atomic mass is 10.2. The lowest BCUT2D eigenvalue weighted by molar-refractivity contribution is -0.113. The summed E-state index contributed by atoms with van der Waals surface area (Å²) in [5, 5.41) is 3.33. The smallest absolute Gasteiger partial charge is 0.281 e. The van der Waals surface area contributed by atoms with Crippen LogP contribution in [0.25, 0.3) is 6.08 Å². The minimum absolute atomic E-state index is 0.184. The van der Waals surface area contributed by atoms with E-state index >= 15 is 0 Å². The predicted molar refractivity (Wildman–Crippen MR) is 98.3 cm³/mol. The van der Waals surface area contributed by atoms with Crippen molar-refractivity contribution in [2.75, 3.05) is 12.0 Å². The standard InChI is InChI=1S/C17H13BrN2O2S/c1-22-13-8-6-12(7-9-13)20-16(21)15(19-17(20)23)10-11-4-2-3-5-14(11)18/h2-10H,1H3,(H,19,23)/b15-10-. The molecule has 0 bridgehead atoms. The van der Waals surface area contributed by atoms with Crippen LogP contribution in [0, 0.1) is 0 Å². The zero-order valence-electron chi connectivity index (χ0n) is 12.2. The van der Waals surface area contributed by atoms with Crippen molar-refractivity contribution in [2.45, 2.75) is 0 Å². The van der Waals surface area contributed by atoms with Gasteiger partial charge in [-0.05, 0) is 54.2 Å². The average molecular weight is 389 g/mol. The molecule has 1 saturated heterocycles. The van der Waals surface area contributed by atoms with Gasteiger partial charge in [0.05, 0.1) is 12.8 Å². The van der Waals surface area contributed by atoms with Crippen molar-refractivity contribution in [3.8, 4) is 5.75 Å². The number of nitrogens with one attached hydrogen (secondary N) is 1. The lowest BCUT2D eigenvalue weighted by Crippen LogP contribution is -2.30. The molecule has 0 aromatic heterocycles. The van der Waals surface area contributed by atoms with Gasteiger partial charge in [-0.2, -0.15) is 0 Å². The molecule has 1 heterocycles. The van der Waals surface area contributed by atoms with Crippen LogP contribution in [-0.2, 0) is 4.79 Å². The molecule has 1 N–H and O–H groups in total. The molecule has 0 saturated carbocycles. The Morgan fingerprint density at radius 3 is 2.52 bits per heavy atom. The molecule has 0 radical (unpaired) electrons. The molecule has 0 atom stereocenters. The Morgan fingerprint density at radius 2 is 1.87 bits per heavy atom. The number of amides is 1. The fraction of sp³-hybridized carbons (Fsp3) is 0.0588. The maximum atomic E-state index is 12.6. The van der Waals surface area contributed by atoms with Crippen molar-refractivity contribution in [3.63, 3.8) is 0 Å². The molecule has 1 fully saturated rings. The number of benzene rings is 2. The molecule has 23 heavy (non-hydrogen) atoms. The van der Waals surface area contributed by atoms with Crippen LogP contribution in [0.4, 0.5) is 5.69 Å². The van der Waals surface area contributed by atoms with Gasteiger partial charge in [-0.1, -0.05) is 34.1 Å². The number of rotatable bonds is 3. The highest BCUT2D eigenvalue weighted by Crippen LogP contribution is 2.26. The zero-order chi connectivity index (χ0) is 16.4. The number of carbonyl (C=O) groups excluding carboxylic acids is 1. The maximum Gasteiger partial charge on any atom is 0.281 e. The van der Waals surface area contributed by atoms with E-state index in [1.807, 2.05) is 24.3 Å². The van der Waals surface area contributed by atoms with E-state index in [4.69, 9.17) is 17.0 Å². The molecule has 3 rings (SSSR count). The van der Waals surface area contributed by atoms with Crippen molar-refractivity contribution in [1.82, 2.24) is 5.32 Å². The number of carbonyl (C=O) groups is 1. The van der Waals surface area contributed by atoms with E-state index in [0.29, 0.717) is 16.5 Å². The summed E-state index contributed by atoms with van der Waals surface area (Å²) in [5.74, 6) is 0.541. The highest BCUT2D eigenvalue weighted by molar-refractivity contribution is 9.10. The van der Waals surface area contributed by atoms with Gasteiger partial charge in [-0.25, -0.2) is 0 Å². The quantitative estimate of drug-likeness (QED) is 0.642. The van der Waals surface area contributed by atoms with Crippen LogP contribution in [0.1, 0.15) is 5.56 Å². The molecule has 0 spiro atoms. The normalized spacial score (nSPS) is 15.9. The van der Waals surface area contributed by atoms with E-state index in [1.165, 1.54) is 4.90 Å². The Balaban J connectivity index is 1.92. The number of halogens is 1. The molecular weight excluding hydrogens is 376 g/mol. The number of hydrogen-bond acceptors (Lipinski definition) is 3. The van der Waals surface area contributed by atoms with Crippen molar-refractivity contribution in [3.05, 3.63) is 64.3 Å². The molecule has 2 aromatic rings. The van der Waals surface area contributed by atoms with Gasteiger partial charge in [0.25, 0.3) is 5.91 Å². The third-order valence-corrected chi connectivity index (χ3v) is 4.42. The Hall–Kier alpha value is -2.18. The number of ether oxygens (including phenoxy) is 1. The summed E-state index contributed by atoms with van der Waals surface area (Å²) in [5.41, 5.74) is 2.05. The molecule has 1 amide bonds. The molecular formula is C17H13BrN2O2S. The number of nitrogens with zero attached hydrogens (tertiary/aromatic N) is 1. The summed E-state index contributed by atoms with van der Waals surface area (Å²) >= 11 is 8.77. The van der Waals surface area contributed by atoms with Crippen LogP contribution in [0.15, 0.2) is 58.7 Å². The van der Waals surface area contributed by atoms with Crippen LogP contribution in [0.3, 0.4) is 0 Å². The van der Waals surface area contributed by atoms with Gasteiger partial charge in [0.1, 0.15) is 11.4 Å². The second-order valence-corrected chi connectivity index (χ2v) is 6.09. The highest BCUT2D eigenvalue weighted by atomic mass is 79.9. The fourth-order valence-electron chi connectivity index (χ4n) is 2.25. The summed E-state index contributed by atoms with van der Waals surface area (Å²) in [6, 6.07) is 14.9. The minimum Gasteiger partial charge on any atom is -0.497 e. The molecule has 1 aliphatic rings. The lowest BCUT2D eigenvalue weighted by Gasteiger charge is -2.14. The van der Waals surface area contributed by atoms with Crippen LogP contribution in [0.5, 0.6) is 5.75 Å². The zero-order valence-corrected chi connectivity index (χ0v) is 14.6. The van der Waals surface area contributed by atoms with Gasteiger partial charge in [-0.3, -0.25) is 9.69 Å². The van der Waals surface area contributed by atoms with E-state index in [0.717, 1.165) is 15.8 Å². The van der Waals surface area contributed by atoms with Crippen LogP contribution in [-0.4, -0.2) is 18.1 Å². The number of methoxy groups -OCH3 is 1. The van der Waals surface area contributed by atoms with Crippen LogP contribution in [0.2, 0.25) is 0 Å². The van der Waals surface area contributed by atoms with Crippen molar-refractivity contribution in [2.24, 2.45) is 0 Å². The van der Waals surface area contributed by atoms with E-state index in [9.17, 15) is 4.79 Å². The Bertz CT molecular complexity index is 802. The predicted octanol–water partition coefficient (Wildman–Crippen LogP) is 3.72. The number of hydrogen-bond donors (Lipinski definition) is 1. The van der Waals surface area contributed by atoms with Gasteiger partial charge in [0.15, 0.2) is 5.11 Å². The topological polar surface area (TPSA) is 41.6 Å². The largest absolute Gasteiger partial charge is 0.497 e. The van der Waals surface area contributed by atoms with Crippen molar-refractivity contribution >= 4 is 50.9 Å². The molecule has 1 aliphatic heterocycles. The van der Waals surface area contributed by atoms with Gasteiger partial charge in [0, 0.05) is 4.47 Å². The molecule has 4 nitrogen and oxygen atoms in total. The molecule has 2 aromatic carbocycles. The third-order valence-electron chi connectivity index (χ3n) is 3.41. The molecule has 116 valence electrons. The summed E-state index contributed by atoms with van der Waals surface area (Å²) < 4.78 is 6.04. The summed E-state index contributed by atoms with van der Waals surface area (Å²) in [6.45, 7) is 0. The first kappa shape index (κ1) is 15.7. The van der Waals surface area contributed by atoms with E-state index in [2.05, 4.69) is 21.2 Å². The van der Waals surface area contributed by atoms with E-state index < -0.39 is 0 Å². The highest BCUT2D eigenvalue weighted by Gasteiger charge is 2.32. The molecule has 0 unspecified atom stereocenters. The van der Waals surface area contributed by atoms with Gasteiger partial charge >= 0.3 is 0 Å². The fourth-order valence-corrected chi connectivity index (χ4v) is 2.95. The first-order valence-corrected chi connectivity index (χ1v) is 8.06. The molecule has 0 aliphatic carbocycles. The van der Waals surface area contributed by atoms with Gasteiger partial charge < -0.3 is 10.1 Å². The minimum atomic E-state index is -0.184. The Kier molecular flexibility index (Phi) is 4.45. The monoisotopic (exact) mass is 388 g/mol. The Labute approximate surface area is 147 Å². The summed E-state index contributed by atoms with van der Waals surface area (Å²) in [7, 11) is 1.60. The van der Waals surface area contributed by atoms with E-state index in [-0.39, 0.29) is 5.91 Å². The Morgan fingerprint density at radius 1 is 1.17 bits per heavy atom. The summed E-state index contributed by atoms with van der Waals surface area (Å²) in [4.78, 5) is 14.1. The number of anilines is 1. The van der Waals surface area contributed by atoms with Crippen molar-refractivity contribution in [1.29, 1.82) is 0 Å². The maximum absolute atomic E-state index is 12.6. The average Bonchev–Trinajstić information content (AvgIpc) is 2.84. The van der Waals surface area contributed by atoms with Gasteiger partial charge in [-0.15, -0.1) is 0 Å².